The minimum absolute atomic E-state index is 0.0291. The molecular formula is C17H30N4O5Si. The lowest BCUT2D eigenvalue weighted by Crippen LogP contribution is -2.48. The van der Waals surface area contributed by atoms with Crippen molar-refractivity contribution in [2.45, 2.75) is 64.8 Å². The molecule has 27 heavy (non-hydrogen) atoms. The first-order chi connectivity index (χ1) is 12.4. The van der Waals surface area contributed by atoms with Crippen molar-refractivity contribution in [2.75, 3.05) is 18.5 Å². The summed E-state index contributed by atoms with van der Waals surface area (Å²) in [4.78, 5) is 24.2. The number of alkyl carbamates (subject to hydrolysis) is 1. The van der Waals surface area contributed by atoms with Crippen LogP contribution in [0.15, 0.2) is 6.20 Å². The highest BCUT2D eigenvalue weighted by Gasteiger charge is 2.30. The number of amides is 2. The summed E-state index contributed by atoms with van der Waals surface area (Å²) in [5.74, 6) is 0.0173. The summed E-state index contributed by atoms with van der Waals surface area (Å²) in [6, 6.07) is 0.184. The molecule has 0 saturated carbocycles. The van der Waals surface area contributed by atoms with E-state index >= 15 is 0 Å². The minimum Gasteiger partial charge on any atom is -0.474 e. The second kappa shape index (κ2) is 8.30. The lowest BCUT2D eigenvalue weighted by atomic mass is 10.2. The normalized spacial score (nSPS) is 17.4. The van der Waals surface area contributed by atoms with Crippen LogP contribution in [-0.2, 0) is 21.0 Å². The Balaban J connectivity index is 1.93. The predicted molar refractivity (Wildman–Crippen MR) is 104 cm³/mol. The van der Waals surface area contributed by atoms with Crippen LogP contribution in [-0.4, -0.2) is 54.7 Å². The van der Waals surface area contributed by atoms with E-state index < -0.39 is 25.8 Å². The van der Waals surface area contributed by atoms with E-state index in [1.54, 1.807) is 25.5 Å². The molecule has 2 N–H and O–H groups in total. The fourth-order valence-corrected chi connectivity index (χ4v) is 3.01. The number of fused-ring (bicyclic) bond motifs is 1. The number of ether oxygens (including phenoxy) is 3. The molecule has 2 rings (SSSR count). The molecule has 0 radical (unpaired) electrons. The van der Waals surface area contributed by atoms with Crippen molar-refractivity contribution in [1.82, 2.24) is 15.1 Å². The van der Waals surface area contributed by atoms with Gasteiger partial charge in [-0.3, -0.25) is 4.79 Å². The van der Waals surface area contributed by atoms with Gasteiger partial charge in [0.15, 0.2) is 0 Å². The number of anilines is 1. The van der Waals surface area contributed by atoms with E-state index in [9.17, 15) is 9.59 Å². The predicted octanol–water partition coefficient (Wildman–Crippen LogP) is 2.42. The molecule has 0 saturated heterocycles. The van der Waals surface area contributed by atoms with Gasteiger partial charge in [0.2, 0.25) is 5.88 Å². The van der Waals surface area contributed by atoms with Gasteiger partial charge < -0.3 is 24.8 Å². The van der Waals surface area contributed by atoms with Crippen LogP contribution < -0.4 is 15.4 Å². The van der Waals surface area contributed by atoms with Crippen molar-refractivity contribution >= 4 is 25.8 Å². The largest absolute Gasteiger partial charge is 0.474 e. The molecule has 1 aliphatic rings. The van der Waals surface area contributed by atoms with Crippen LogP contribution in [0.4, 0.5) is 10.5 Å². The van der Waals surface area contributed by atoms with Crippen molar-refractivity contribution in [3.63, 3.8) is 0 Å². The lowest BCUT2D eigenvalue weighted by molar-refractivity contribution is -0.118. The fraction of sp³-hybridized carbons (Fsp3) is 0.706. The van der Waals surface area contributed by atoms with Gasteiger partial charge in [0.1, 0.15) is 30.7 Å². The molecule has 10 heteroatoms. The van der Waals surface area contributed by atoms with Gasteiger partial charge in [0.25, 0.3) is 5.91 Å². The van der Waals surface area contributed by atoms with E-state index in [1.807, 2.05) is 0 Å². The van der Waals surface area contributed by atoms with E-state index in [-0.39, 0.29) is 19.2 Å². The van der Waals surface area contributed by atoms with Gasteiger partial charge in [-0.05, 0) is 26.8 Å². The van der Waals surface area contributed by atoms with Crippen LogP contribution in [0.5, 0.6) is 5.88 Å². The van der Waals surface area contributed by atoms with E-state index in [0.29, 0.717) is 18.2 Å². The first-order valence-corrected chi connectivity index (χ1v) is 12.7. The van der Waals surface area contributed by atoms with E-state index in [2.05, 4.69) is 35.4 Å². The molecule has 0 spiro atoms. The SMILES string of the molecule is CC(C)(C)OC(=O)N[C@H]1COc2c(cnn2COCC[Si](C)(C)C)NC1=O. The van der Waals surface area contributed by atoms with Gasteiger partial charge in [-0.15, -0.1) is 0 Å². The molecule has 1 aromatic rings. The summed E-state index contributed by atoms with van der Waals surface area (Å²) in [7, 11) is -1.16. The van der Waals surface area contributed by atoms with Crippen molar-refractivity contribution in [3.8, 4) is 5.88 Å². The van der Waals surface area contributed by atoms with Crippen LogP contribution >= 0.6 is 0 Å². The maximum Gasteiger partial charge on any atom is 0.408 e. The molecule has 9 nitrogen and oxygen atoms in total. The molecule has 1 atom stereocenters. The van der Waals surface area contributed by atoms with Crippen molar-refractivity contribution in [2.24, 2.45) is 0 Å². The molecule has 0 bridgehead atoms. The summed E-state index contributed by atoms with van der Waals surface area (Å²) in [6.45, 7) is 13.0. The van der Waals surface area contributed by atoms with Gasteiger partial charge in [-0.1, -0.05) is 19.6 Å². The first-order valence-electron chi connectivity index (χ1n) is 9.01. The lowest BCUT2D eigenvalue weighted by Gasteiger charge is -2.22. The molecule has 0 aromatic carbocycles. The zero-order chi connectivity index (χ0) is 20.2. The van der Waals surface area contributed by atoms with E-state index in [1.165, 1.54) is 6.20 Å². The Morgan fingerprint density at radius 1 is 1.44 bits per heavy atom. The number of nitrogens with one attached hydrogen (secondary N) is 2. The second-order valence-electron chi connectivity index (χ2n) is 8.71. The molecule has 152 valence electrons. The Morgan fingerprint density at radius 3 is 2.78 bits per heavy atom. The van der Waals surface area contributed by atoms with Gasteiger partial charge in [-0.2, -0.15) is 5.10 Å². The maximum atomic E-state index is 12.3. The number of hydrogen-bond acceptors (Lipinski definition) is 6. The van der Waals surface area contributed by atoms with Gasteiger partial charge in [0.05, 0.1) is 6.20 Å². The first kappa shape index (κ1) is 21.2. The van der Waals surface area contributed by atoms with Crippen LogP contribution in [0.3, 0.4) is 0 Å². The number of rotatable bonds is 6. The molecule has 2 heterocycles. The van der Waals surface area contributed by atoms with Gasteiger partial charge in [0, 0.05) is 14.7 Å². The minimum atomic E-state index is -1.16. The highest BCUT2D eigenvalue weighted by molar-refractivity contribution is 6.76. The monoisotopic (exact) mass is 398 g/mol. The highest BCUT2D eigenvalue weighted by Crippen LogP contribution is 2.27. The third kappa shape index (κ3) is 6.87. The molecule has 0 aliphatic carbocycles. The molecule has 0 fully saturated rings. The fourth-order valence-electron chi connectivity index (χ4n) is 2.25. The summed E-state index contributed by atoms with van der Waals surface area (Å²) >= 11 is 0. The summed E-state index contributed by atoms with van der Waals surface area (Å²) in [5.41, 5.74) is -0.203. The summed E-state index contributed by atoms with van der Waals surface area (Å²) < 4.78 is 18.1. The Labute approximate surface area is 160 Å². The third-order valence-electron chi connectivity index (χ3n) is 3.65. The zero-order valence-corrected chi connectivity index (χ0v) is 17.9. The topological polar surface area (TPSA) is 104 Å². The maximum absolute atomic E-state index is 12.3. The number of hydrogen-bond donors (Lipinski definition) is 2. The van der Waals surface area contributed by atoms with Crippen molar-refractivity contribution in [3.05, 3.63) is 6.20 Å². The summed E-state index contributed by atoms with van der Waals surface area (Å²) in [5, 5.41) is 9.43. The molecule has 2 amide bonds. The van der Waals surface area contributed by atoms with Gasteiger partial charge in [-0.25, -0.2) is 9.48 Å². The van der Waals surface area contributed by atoms with Gasteiger partial charge >= 0.3 is 6.09 Å². The Kier molecular flexibility index (Phi) is 6.53. The van der Waals surface area contributed by atoms with Crippen molar-refractivity contribution in [1.29, 1.82) is 0 Å². The second-order valence-corrected chi connectivity index (χ2v) is 14.3. The number of nitrogens with zero attached hydrogens (tertiary/aromatic N) is 2. The third-order valence-corrected chi connectivity index (χ3v) is 5.36. The molecule has 1 aromatic heterocycles. The molecule has 1 aliphatic heterocycles. The number of carbonyl (C=O) groups is 2. The highest BCUT2D eigenvalue weighted by atomic mass is 28.3. The quantitative estimate of drug-likeness (QED) is 0.563. The number of aromatic nitrogens is 2. The average Bonchev–Trinajstić information content (AvgIpc) is 2.79. The number of carbonyl (C=O) groups excluding carboxylic acids is 2. The Hall–Kier alpha value is -2.07. The van der Waals surface area contributed by atoms with Crippen molar-refractivity contribution < 1.29 is 23.8 Å². The average molecular weight is 399 g/mol. The zero-order valence-electron chi connectivity index (χ0n) is 16.9. The Bertz CT molecular complexity index is 678. The van der Waals surface area contributed by atoms with E-state index in [0.717, 1.165) is 6.04 Å². The molecule has 0 unspecified atom stereocenters. The van der Waals surface area contributed by atoms with E-state index in [4.69, 9.17) is 14.2 Å². The smallest absolute Gasteiger partial charge is 0.408 e. The van der Waals surface area contributed by atoms with Crippen LogP contribution in [0.1, 0.15) is 20.8 Å². The van der Waals surface area contributed by atoms with Crippen LogP contribution in [0, 0.1) is 0 Å². The Morgan fingerprint density at radius 2 is 2.15 bits per heavy atom. The van der Waals surface area contributed by atoms with Crippen LogP contribution in [0.25, 0.3) is 0 Å². The van der Waals surface area contributed by atoms with Crippen LogP contribution in [0.2, 0.25) is 25.7 Å². The molecular weight excluding hydrogens is 368 g/mol. The standard InChI is InChI=1S/C17H30N4O5Si/c1-17(2,3)26-16(23)20-13-10-25-15-12(19-14(13)22)9-18-21(15)11-24-7-8-27(4,5)6/h9,13H,7-8,10-11H2,1-6H3,(H,19,22)(H,20,23)/t13-/m0/s1. The summed E-state index contributed by atoms with van der Waals surface area (Å²) in [6.07, 6.45) is 0.832.